The van der Waals surface area contributed by atoms with Gasteiger partial charge in [-0.2, -0.15) is 0 Å². The van der Waals surface area contributed by atoms with Gasteiger partial charge < -0.3 is 29.4 Å². The van der Waals surface area contributed by atoms with E-state index in [0.717, 1.165) is 40.8 Å². The second kappa shape index (κ2) is 11.5. The summed E-state index contributed by atoms with van der Waals surface area (Å²) in [7, 11) is -3.35. The Morgan fingerprint density at radius 2 is 1.95 bits per heavy atom. The first-order valence-electron chi connectivity index (χ1n) is 13.2. The molecule has 9 nitrogen and oxygen atoms in total. The van der Waals surface area contributed by atoms with E-state index in [2.05, 4.69) is 46.9 Å². The third kappa shape index (κ3) is 5.63. The number of hydrogen-bond acceptors (Lipinski definition) is 8. The molecule has 0 bridgehead atoms. The number of ether oxygens (including phenoxy) is 1. The molecule has 1 aliphatic rings. The van der Waals surface area contributed by atoms with Crippen molar-refractivity contribution >= 4 is 35.3 Å². The van der Waals surface area contributed by atoms with Crippen molar-refractivity contribution in [2.45, 2.75) is 52.3 Å². The molecule has 202 valence electrons. The van der Waals surface area contributed by atoms with Gasteiger partial charge in [0.2, 0.25) is 0 Å². The van der Waals surface area contributed by atoms with E-state index >= 15 is 0 Å². The maximum atomic E-state index is 13.3. The third-order valence-electron chi connectivity index (χ3n) is 6.95. The summed E-state index contributed by atoms with van der Waals surface area (Å²) in [5.74, 6) is 1.30. The van der Waals surface area contributed by atoms with Gasteiger partial charge in [0, 0.05) is 11.3 Å². The first-order chi connectivity index (χ1) is 18.4. The van der Waals surface area contributed by atoms with Gasteiger partial charge in [-0.3, -0.25) is 4.57 Å². The van der Waals surface area contributed by atoms with Crippen molar-refractivity contribution in [1.82, 2.24) is 19.9 Å². The van der Waals surface area contributed by atoms with Crippen LogP contribution in [-0.4, -0.2) is 46.7 Å². The number of imidazole rings is 1. The van der Waals surface area contributed by atoms with Gasteiger partial charge in [-0.25, -0.2) is 9.97 Å². The largest absolute Gasteiger partial charge is 0.382 e. The summed E-state index contributed by atoms with van der Waals surface area (Å²) >= 11 is 0. The molecule has 5 rings (SSSR count). The van der Waals surface area contributed by atoms with Crippen LogP contribution in [-0.2, 0) is 37.9 Å². The number of nitrogens with one attached hydrogen (secondary N) is 1. The summed E-state index contributed by atoms with van der Waals surface area (Å²) in [6.07, 6.45) is 0.585. The topological polar surface area (TPSA) is 114 Å². The van der Waals surface area contributed by atoms with Crippen LogP contribution in [0.2, 0.25) is 0 Å². The molecule has 10 heteroatoms. The van der Waals surface area contributed by atoms with Crippen LogP contribution >= 0.6 is 7.60 Å². The Morgan fingerprint density at radius 1 is 1.16 bits per heavy atom. The summed E-state index contributed by atoms with van der Waals surface area (Å²) < 4.78 is 33.0. The van der Waals surface area contributed by atoms with E-state index in [0.29, 0.717) is 37.6 Å². The number of nitrogen functional groups attached to an aromatic ring is 1. The zero-order chi connectivity index (χ0) is 26.7. The van der Waals surface area contributed by atoms with Crippen molar-refractivity contribution in [3.05, 3.63) is 65.5 Å². The fourth-order valence-corrected chi connectivity index (χ4v) is 6.30. The average molecular weight is 538 g/mol. The molecular weight excluding hydrogens is 501 g/mol. The fourth-order valence-electron chi connectivity index (χ4n) is 4.83. The number of pyridine rings is 1. The minimum atomic E-state index is -3.35. The molecule has 3 heterocycles. The van der Waals surface area contributed by atoms with Crippen molar-refractivity contribution in [2.75, 3.05) is 31.8 Å². The van der Waals surface area contributed by atoms with Gasteiger partial charge in [-0.05, 0) is 37.1 Å². The predicted octanol–water partition coefficient (Wildman–Crippen LogP) is 5.22. The number of anilines is 1. The summed E-state index contributed by atoms with van der Waals surface area (Å²) in [5, 5.41) is 4.33. The molecule has 2 aromatic heterocycles. The van der Waals surface area contributed by atoms with Gasteiger partial charge >= 0.3 is 7.60 Å². The van der Waals surface area contributed by atoms with E-state index in [-0.39, 0.29) is 18.4 Å². The SMILES string of the molecule is CCNCc1nc2c(N)nc3ccccc3c2n1CC(C)OCP1(=O)OCC(c2cccc(CC)c2)CO1. The van der Waals surface area contributed by atoms with Gasteiger partial charge in [-0.15, -0.1) is 0 Å². The summed E-state index contributed by atoms with van der Waals surface area (Å²) in [6, 6.07) is 16.3. The highest BCUT2D eigenvalue weighted by molar-refractivity contribution is 7.53. The molecule has 0 radical (unpaired) electrons. The van der Waals surface area contributed by atoms with E-state index in [1.807, 2.05) is 37.3 Å². The van der Waals surface area contributed by atoms with Crippen molar-refractivity contribution in [3.63, 3.8) is 0 Å². The second-order valence-electron chi connectivity index (χ2n) is 9.73. The minimum absolute atomic E-state index is 0.0549. The monoisotopic (exact) mass is 537 g/mol. The molecule has 1 fully saturated rings. The predicted molar refractivity (Wildman–Crippen MR) is 150 cm³/mol. The van der Waals surface area contributed by atoms with Gasteiger partial charge in [0.15, 0.2) is 5.82 Å². The molecule has 1 atom stereocenters. The number of nitrogens with two attached hydrogens (primary N) is 1. The Balaban J connectivity index is 1.30. The van der Waals surface area contributed by atoms with Crippen molar-refractivity contribution in [1.29, 1.82) is 0 Å². The molecule has 3 N–H and O–H groups in total. The molecule has 0 amide bonds. The molecule has 1 saturated heterocycles. The molecule has 38 heavy (non-hydrogen) atoms. The van der Waals surface area contributed by atoms with Crippen LogP contribution in [0.25, 0.3) is 21.9 Å². The molecule has 2 aromatic carbocycles. The Bertz CT molecular complexity index is 1460. The van der Waals surface area contributed by atoms with E-state index in [4.69, 9.17) is 24.5 Å². The second-order valence-corrected chi connectivity index (χ2v) is 11.7. The van der Waals surface area contributed by atoms with Crippen LogP contribution in [0.1, 0.15) is 43.6 Å². The summed E-state index contributed by atoms with van der Waals surface area (Å²) in [6.45, 7) is 8.71. The smallest absolute Gasteiger partial charge is 0.356 e. The molecule has 1 unspecified atom stereocenters. The zero-order valence-electron chi connectivity index (χ0n) is 22.2. The van der Waals surface area contributed by atoms with E-state index in [9.17, 15) is 4.57 Å². The number of aryl methyl sites for hydroxylation is 1. The molecule has 0 aliphatic carbocycles. The highest BCUT2D eigenvalue weighted by Gasteiger charge is 2.34. The number of hydrogen-bond donors (Lipinski definition) is 2. The molecule has 1 aliphatic heterocycles. The number of nitrogens with zero attached hydrogens (tertiary/aromatic N) is 3. The van der Waals surface area contributed by atoms with Crippen molar-refractivity contribution in [2.24, 2.45) is 0 Å². The van der Waals surface area contributed by atoms with E-state index in [1.165, 1.54) is 5.56 Å². The lowest BCUT2D eigenvalue weighted by Crippen LogP contribution is -2.24. The summed E-state index contributed by atoms with van der Waals surface area (Å²) in [4.78, 5) is 9.36. The lowest BCUT2D eigenvalue weighted by molar-refractivity contribution is 0.0506. The molecule has 4 aromatic rings. The average Bonchev–Trinajstić information content (AvgIpc) is 3.30. The fraction of sp³-hybridized carbons (Fsp3) is 0.429. The quantitative estimate of drug-likeness (QED) is 0.265. The van der Waals surface area contributed by atoms with Crippen molar-refractivity contribution in [3.8, 4) is 0 Å². The van der Waals surface area contributed by atoms with E-state index in [1.54, 1.807) is 0 Å². The maximum Gasteiger partial charge on any atom is 0.356 e. The summed E-state index contributed by atoms with van der Waals surface area (Å²) in [5.41, 5.74) is 11.1. The lowest BCUT2D eigenvalue weighted by Gasteiger charge is -2.30. The van der Waals surface area contributed by atoms with Crippen molar-refractivity contribution < 1.29 is 18.3 Å². The van der Waals surface area contributed by atoms with Crippen LogP contribution in [0.5, 0.6) is 0 Å². The van der Waals surface area contributed by atoms with Gasteiger partial charge in [0.05, 0.1) is 43.4 Å². The highest BCUT2D eigenvalue weighted by atomic mass is 31.2. The van der Waals surface area contributed by atoms with Crippen LogP contribution in [0.15, 0.2) is 48.5 Å². The first-order valence-corrected chi connectivity index (χ1v) is 15.0. The van der Waals surface area contributed by atoms with Crippen LogP contribution in [0.4, 0.5) is 5.82 Å². The number of fused-ring (bicyclic) bond motifs is 3. The normalized spacial score (nSPS) is 20.8. The maximum absolute atomic E-state index is 13.3. The number of aromatic nitrogens is 3. The number of rotatable bonds is 10. The van der Waals surface area contributed by atoms with Gasteiger partial charge in [-0.1, -0.05) is 56.3 Å². The molecule has 0 spiro atoms. The number of para-hydroxylation sites is 1. The van der Waals surface area contributed by atoms with Crippen LogP contribution in [0.3, 0.4) is 0 Å². The Morgan fingerprint density at radius 3 is 2.71 bits per heavy atom. The van der Waals surface area contributed by atoms with Gasteiger partial charge in [0.1, 0.15) is 17.7 Å². The zero-order valence-corrected chi connectivity index (χ0v) is 23.1. The third-order valence-corrected chi connectivity index (χ3v) is 8.51. The Labute approximate surface area is 223 Å². The Kier molecular flexibility index (Phi) is 8.12. The van der Waals surface area contributed by atoms with Gasteiger partial charge in [0.25, 0.3) is 0 Å². The van der Waals surface area contributed by atoms with Crippen LogP contribution < -0.4 is 11.1 Å². The molecular formula is C28H36N5O4P. The van der Waals surface area contributed by atoms with E-state index < -0.39 is 7.60 Å². The van der Waals surface area contributed by atoms with Crippen LogP contribution in [0, 0.1) is 0 Å². The number of benzene rings is 2. The first kappa shape index (κ1) is 26.8. The molecule has 0 saturated carbocycles. The highest BCUT2D eigenvalue weighted by Crippen LogP contribution is 2.53. The standard InChI is InChI=1S/C28H36N5O4P/c1-4-20-9-8-10-21(13-20)22-16-36-38(34,37-17-22)18-35-19(3)15-33-25(14-30-5-2)32-26-27(33)23-11-6-7-12-24(23)31-28(26)29/h6-13,19,22,30H,4-5,14-18H2,1-3H3,(H2,29,31). The Hall–Kier alpha value is -2.81. The minimum Gasteiger partial charge on any atom is -0.382 e. The lowest BCUT2D eigenvalue weighted by atomic mass is 9.98.